The van der Waals surface area contributed by atoms with Crippen LogP contribution in [0.25, 0.3) is 0 Å². The molecule has 0 aliphatic carbocycles. The second kappa shape index (κ2) is 19.5. The Morgan fingerprint density at radius 2 is 1.42 bits per heavy atom. The Morgan fingerprint density at radius 3 is 1.98 bits per heavy atom. The number of aliphatic hydroxyl groups excluding tert-OH is 1. The van der Waals surface area contributed by atoms with Gasteiger partial charge in [0.05, 0.1) is 19.0 Å². The maximum Gasteiger partial charge on any atom is 0.413 e. The number of nitrogens with one attached hydrogen (secondary N) is 5. The molecule has 3 rings (SSSR count). The Balaban J connectivity index is 1.80. The lowest BCUT2D eigenvalue weighted by molar-refractivity contribution is -0.149. The fraction of sp³-hybridized carbons (Fsp3) is 0.514. The number of amides is 6. The first-order valence-electron chi connectivity index (χ1n) is 17.4. The predicted molar refractivity (Wildman–Crippen MR) is 199 cm³/mol. The van der Waals surface area contributed by atoms with Crippen molar-refractivity contribution in [2.45, 2.75) is 95.9 Å². The molecule has 0 bridgehead atoms. The van der Waals surface area contributed by atoms with E-state index in [-0.39, 0.29) is 24.0 Å². The molecule has 0 radical (unpaired) electrons. The van der Waals surface area contributed by atoms with Gasteiger partial charge in [-0.25, -0.2) is 4.79 Å². The number of benzene rings is 2. The Morgan fingerprint density at radius 1 is 0.830 bits per heavy atom. The average molecular weight is 757 g/mol. The molecule has 0 spiro atoms. The van der Waals surface area contributed by atoms with E-state index in [0.717, 1.165) is 0 Å². The summed E-state index contributed by atoms with van der Waals surface area (Å²) in [6.07, 6.45) is -2.66. The highest BCUT2D eigenvalue weighted by Crippen LogP contribution is 2.40. The summed E-state index contributed by atoms with van der Waals surface area (Å²) in [5, 5.41) is 21.9. The molecule has 53 heavy (non-hydrogen) atoms. The fourth-order valence-electron chi connectivity index (χ4n) is 5.70. The normalized spacial score (nSPS) is 17.9. The number of hydrogen-bond donors (Lipinski definition) is 6. The van der Waals surface area contributed by atoms with Crippen LogP contribution in [-0.2, 0) is 35.2 Å². The third-order valence-electron chi connectivity index (χ3n) is 8.71. The maximum atomic E-state index is 14.1. The number of imide groups is 1. The molecule has 1 aliphatic rings. The first-order valence-corrected chi connectivity index (χ1v) is 18.4. The molecule has 0 saturated carbocycles. The summed E-state index contributed by atoms with van der Waals surface area (Å²) in [7, 11) is 1.36. The fourth-order valence-corrected chi connectivity index (χ4v) is 6.84. The Hall–Kier alpha value is -4.51. The summed E-state index contributed by atoms with van der Waals surface area (Å²) >= 11 is 1.30. The van der Waals surface area contributed by atoms with E-state index in [9.17, 15) is 33.9 Å². The number of nitrogens with zero attached hydrogens (tertiary/aromatic N) is 1. The van der Waals surface area contributed by atoms with Crippen molar-refractivity contribution in [1.82, 2.24) is 31.6 Å². The van der Waals surface area contributed by atoms with Crippen LogP contribution in [0.3, 0.4) is 0 Å². The largest absolute Gasteiger partial charge is 0.413 e. The smallest absolute Gasteiger partial charge is 0.410 e. The molecular formula is C37H52N6O9S. The summed E-state index contributed by atoms with van der Waals surface area (Å²) < 4.78 is 4.35. The van der Waals surface area contributed by atoms with E-state index in [1.54, 1.807) is 102 Å². The second-order valence-corrected chi connectivity index (χ2v) is 15.6. The molecule has 6 amide bonds. The molecular weight excluding hydrogens is 705 g/mol. The van der Waals surface area contributed by atoms with Crippen molar-refractivity contribution in [3.05, 3.63) is 66.2 Å². The molecule has 1 unspecified atom stereocenters. The zero-order valence-electron chi connectivity index (χ0n) is 31.4. The molecule has 290 valence electrons. The lowest BCUT2D eigenvalue weighted by atomic mass is 9.96. The first-order chi connectivity index (χ1) is 25.0. The van der Waals surface area contributed by atoms with Crippen molar-refractivity contribution < 1.29 is 43.4 Å². The summed E-state index contributed by atoms with van der Waals surface area (Å²) in [5.74, 6) is -3.90. The van der Waals surface area contributed by atoms with Crippen LogP contribution >= 0.6 is 11.8 Å². The monoisotopic (exact) mass is 756 g/mol. The minimum absolute atomic E-state index is 0.0278. The zero-order valence-corrected chi connectivity index (χ0v) is 32.2. The van der Waals surface area contributed by atoms with Crippen molar-refractivity contribution in [2.24, 2.45) is 11.8 Å². The molecule has 6 atom stereocenters. The summed E-state index contributed by atoms with van der Waals surface area (Å²) in [4.78, 5) is 86.2. The molecule has 0 aromatic heterocycles. The number of carbonyl (C=O) groups is 6. The van der Waals surface area contributed by atoms with Crippen LogP contribution in [0.4, 0.5) is 4.79 Å². The SMILES string of the molecule is CON[C@H](C(=O)NC(=O)C1N(C(=O)[C@H](O)[C@H](Cc2ccccc2)NC(=O)[C@@H](NC(=O)[C@H](C)NC(=O)Oc2ccccc2)C(C)C)CSC1(C)C)C(C)C. The number of hydroxylamine groups is 1. The van der Waals surface area contributed by atoms with Crippen LogP contribution in [0.1, 0.15) is 54.0 Å². The third-order valence-corrected chi connectivity index (χ3v) is 10.1. The van der Waals surface area contributed by atoms with Gasteiger partial charge in [-0.05, 0) is 56.7 Å². The minimum Gasteiger partial charge on any atom is -0.410 e. The van der Waals surface area contributed by atoms with Gasteiger partial charge in [0.1, 0.15) is 29.9 Å². The summed E-state index contributed by atoms with van der Waals surface area (Å²) in [6.45, 7) is 11.9. The number of aliphatic hydroxyl groups is 1. The number of para-hydroxylation sites is 1. The van der Waals surface area contributed by atoms with Gasteiger partial charge >= 0.3 is 6.09 Å². The lowest BCUT2D eigenvalue weighted by Crippen LogP contribution is -2.62. The van der Waals surface area contributed by atoms with Crippen LogP contribution in [-0.4, -0.2) is 99.7 Å². The zero-order chi connectivity index (χ0) is 39.5. The number of rotatable bonds is 16. The van der Waals surface area contributed by atoms with Crippen molar-refractivity contribution >= 4 is 47.4 Å². The van der Waals surface area contributed by atoms with Gasteiger partial charge in [-0.2, -0.15) is 5.48 Å². The van der Waals surface area contributed by atoms with Crippen LogP contribution in [0, 0.1) is 11.8 Å². The molecule has 6 N–H and O–H groups in total. The van der Waals surface area contributed by atoms with Crippen molar-refractivity contribution in [3.8, 4) is 5.75 Å². The molecule has 15 nitrogen and oxygen atoms in total. The van der Waals surface area contributed by atoms with Gasteiger partial charge in [0.2, 0.25) is 17.7 Å². The Kier molecular flexibility index (Phi) is 15.8. The number of hydrogen-bond acceptors (Lipinski definition) is 11. The highest BCUT2D eigenvalue weighted by atomic mass is 32.2. The summed E-state index contributed by atoms with van der Waals surface area (Å²) in [5.41, 5.74) is 3.28. The van der Waals surface area contributed by atoms with Crippen molar-refractivity contribution in [1.29, 1.82) is 0 Å². The van der Waals surface area contributed by atoms with Gasteiger partial charge in [0.15, 0.2) is 6.10 Å². The van der Waals surface area contributed by atoms with E-state index in [0.29, 0.717) is 5.56 Å². The average Bonchev–Trinajstić information content (AvgIpc) is 3.43. The topological polar surface area (TPSA) is 204 Å². The number of thioether (sulfide) groups is 1. The highest BCUT2D eigenvalue weighted by Gasteiger charge is 2.50. The van der Waals surface area contributed by atoms with Gasteiger partial charge in [-0.3, -0.25) is 29.3 Å². The van der Waals surface area contributed by atoms with Gasteiger partial charge in [0.25, 0.3) is 11.8 Å². The molecule has 1 saturated heterocycles. The van der Waals surface area contributed by atoms with Crippen molar-refractivity contribution in [3.63, 3.8) is 0 Å². The Labute approximate surface area is 314 Å². The highest BCUT2D eigenvalue weighted by molar-refractivity contribution is 8.00. The molecule has 1 heterocycles. The second-order valence-electron chi connectivity index (χ2n) is 14.0. The van der Waals surface area contributed by atoms with Gasteiger partial charge in [-0.15, -0.1) is 11.8 Å². The van der Waals surface area contributed by atoms with Gasteiger partial charge in [-0.1, -0.05) is 76.2 Å². The minimum atomic E-state index is -1.82. The van der Waals surface area contributed by atoms with E-state index in [4.69, 9.17) is 9.57 Å². The first kappa shape index (κ1) is 42.9. The van der Waals surface area contributed by atoms with Gasteiger partial charge < -0.3 is 35.5 Å². The summed E-state index contributed by atoms with van der Waals surface area (Å²) in [6, 6.07) is 11.8. The van der Waals surface area contributed by atoms with E-state index in [1.807, 2.05) is 0 Å². The maximum absolute atomic E-state index is 14.1. The third kappa shape index (κ3) is 12.0. The molecule has 16 heteroatoms. The molecule has 2 aromatic carbocycles. The predicted octanol–water partition coefficient (Wildman–Crippen LogP) is 1.89. The number of carbonyl (C=O) groups excluding carboxylic acids is 6. The van der Waals surface area contributed by atoms with E-state index in [2.05, 4.69) is 26.7 Å². The Bertz CT molecular complexity index is 1580. The van der Waals surface area contributed by atoms with Gasteiger partial charge in [0, 0.05) is 4.75 Å². The van der Waals surface area contributed by atoms with Crippen LogP contribution < -0.4 is 31.5 Å². The van der Waals surface area contributed by atoms with E-state index >= 15 is 0 Å². The standard InChI is InChI=1S/C37H52N6O9S/c1-21(2)27(40-31(45)23(5)38-36(50)52-25-17-13-10-14-18-25)32(46)39-26(19-24-15-11-9-12-16-24)29(44)35(49)43-20-53-37(6,7)30(43)34(48)41-33(47)28(22(3)4)42-51-8/h9-18,21-23,26-30,42,44H,19-20H2,1-8H3,(H,38,50)(H,39,46)(H,40,45)(H,41,47,48)/t23-,26-,27-,28-,29+,30?/m0/s1. The van der Waals surface area contributed by atoms with E-state index < -0.39 is 82.6 Å². The molecule has 1 fully saturated rings. The van der Waals surface area contributed by atoms with Crippen LogP contribution in [0.15, 0.2) is 60.7 Å². The molecule has 2 aromatic rings. The van der Waals surface area contributed by atoms with Crippen molar-refractivity contribution in [2.75, 3.05) is 13.0 Å². The van der Waals surface area contributed by atoms with Crippen LogP contribution in [0.2, 0.25) is 0 Å². The lowest BCUT2D eigenvalue weighted by Gasteiger charge is -2.34. The van der Waals surface area contributed by atoms with E-state index in [1.165, 1.54) is 30.7 Å². The quantitative estimate of drug-likeness (QED) is 0.137. The number of ether oxygens (including phenoxy) is 1. The molecule has 1 aliphatic heterocycles. The van der Waals surface area contributed by atoms with Crippen LogP contribution in [0.5, 0.6) is 5.75 Å².